The Morgan fingerprint density at radius 1 is 0.682 bits per heavy atom. The Bertz CT molecular complexity index is 1280. The highest BCUT2D eigenvalue weighted by Gasteiger charge is 2.35. The van der Waals surface area contributed by atoms with Gasteiger partial charge in [-0.05, 0) is 92.5 Å². The van der Waals surface area contributed by atoms with Crippen molar-refractivity contribution in [2.75, 3.05) is 0 Å². The number of ether oxygens (including phenoxy) is 4. The zero-order chi connectivity index (χ0) is 33.0. The first-order valence-corrected chi connectivity index (χ1v) is 15.3. The maximum absolute atomic E-state index is 11.9. The minimum atomic E-state index is -0.518. The standard InChI is InChI=1S/2C17H23NO4/c2*1-6-12-10(2)21-16(20)13-8-7-11(18-15(12)13)9-14(19)22-17(3,4)5/h2*7-8,10,12H,6,9H2,1-5H3/t2*10-,12+/m10/s1. The van der Waals surface area contributed by atoms with Gasteiger partial charge < -0.3 is 18.9 Å². The topological polar surface area (TPSA) is 131 Å². The van der Waals surface area contributed by atoms with Gasteiger partial charge in [0.1, 0.15) is 23.4 Å². The minimum absolute atomic E-state index is 0.0614. The predicted molar refractivity (Wildman–Crippen MR) is 163 cm³/mol. The molecule has 240 valence electrons. The summed E-state index contributed by atoms with van der Waals surface area (Å²) < 4.78 is 21.3. The van der Waals surface area contributed by atoms with Crippen LogP contribution in [0.4, 0.5) is 0 Å². The fourth-order valence-corrected chi connectivity index (χ4v) is 5.32. The van der Waals surface area contributed by atoms with Crippen molar-refractivity contribution in [3.63, 3.8) is 0 Å². The lowest BCUT2D eigenvalue weighted by Crippen LogP contribution is -2.31. The van der Waals surface area contributed by atoms with Gasteiger partial charge in [0.25, 0.3) is 0 Å². The van der Waals surface area contributed by atoms with Crippen molar-refractivity contribution in [3.05, 3.63) is 58.2 Å². The van der Waals surface area contributed by atoms with E-state index >= 15 is 0 Å². The van der Waals surface area contributed by atoms with Crippen LogP contribution in [0.2, 0.25) is 0 Å². The number of cyclic esters (lactones) is 2. The van der Waals surface area contributed by atoms with Crippen LogP contribution in [-0.4, -0.2) is 57.3 Å². The van der Waals surface area contributed by atoms with E-state index in [1.165, 1.54) is 0 Å². The van der Waals surface area contributed by atoms with E-state index in [2.05, 4.69) is 9.97 Å². The molecule has 0 bridgehead atoms. The second kappa shape index (κ2) is 13.9. The molecule has 10 heteroatoms. The number of hydrogen-bond acceptors (Lipinski definition) is 10. The van der Waals surface area contributed by atoms with Gasteiger partial charge in [0.05, 0.1) is 46.7 Å². The number of carbonyl (C=O) groups is 4. The molecule has 4 heterocycles. The van der Waals surface area contributed by atoms with E-state index in [-0.39, 0.29) is 60.8 Å². The van der Waals surface area contributed by atoms with Crippen LogP contribution in [0.5, 0.6) is 0 Å². The molecular formula is C34H46N2O8. The third kappa shape index (κ3) is 9.09. The van der Waals surface area contributed by atoms with Crippen molar-refractivity contribution in [3.8, 4) is 0 Å². The van der Waals surface area contributed by atoms with E-state index in [1.54, 1.807) is 24.3 Å². The molecule has 0 radical (unpaired) electrons. The maximum Gasteiger partial charge on any atom is 0.340 e. The van der Waals surface area contributed by atoms with E-state index in [9.17, 15) is 19.2 Å². The Morgan fingerprint density at radius 2 is 1.02 bits per heavy atom. The number of aromatic nitrogens is 2. The lowest BCUT2D eigenvalue weighted by molar-refractivity contribution is -0.155. The maximum atomic E-state index is 11.9. The number of fused-ring (bicyclic) bond motifs is 2. The van der Waals surface area contributed by atoms with E-state index in [1.807, 2.05) is 69.2 Å². The molecule has 0 saturated carbocycles. The van der Waals surface area contributed by atoms with Crippen LogP contribution < -0.4 is 0 Å². The molecule has 10 nitrogen and oxygen atoms in total. The Morgan fingerprint density at radius 3 is 1.32 bits per heavy atom. The number of hydrogen-bond donors (Lipinski definition) is 0. The normalized spacial score (nSPS) is 21.0. The molecule has 0 aromatic carbocycles. The zero-order valence-electron chi connectivity index (χ0n) is 27.6. The first-order chi connectivity index (χ1) is 20.4. The molecule has 0 unspecified atom stereocenters. The first kappa shape index (κ1) is 34.7. The van der Waals surface area contributed by atoms with Gasteiger partial charge in [-0.3, -0.25) is 19.6 Å². The van der Waals surface area contributed by atoms with Gasteiger partial charge in [0.15, 0.2) is 0 Å². The van der Waals surface area contributed by atoms with Crippen LogP contribution in [0, 0.1) is 0 Å². The predicted octanol–water partition coefficient (Wildman–Crippen LogP) is 6.04. The largest absolute Gasteiger partial charge is 0.460 e. The lowest BCUT2D eigenvalue weighted by Gasteiger charge is -2.29. The molecule has 0 spiro atoms. The summed E-state index contributed by atoms with van der Waals surface area (Å²) in [4.78, 5) is 56.8. The van der Waals surface area contributed by atoms with E-state index < -0.39 is 11.2 Å². The van der Waals surface area contributed by atoms with Gasteiger partial charge in [-0.15, -0.1) is 0 Å². The van der Waals surface area contributed by atoms with E-state index in [0.29, 0.717) is 22.5 Å². The molecule has 4 atom stereocenters. The van der Waals surface area contributed by atoms with E-state index in [4.69, 9.17) is 18.9 Å². The van der Waals surface area contributed by atoms with Crippen molar-refractivity contribution >= 4 is 23.9 Å². The number of carbonyl (C=O) groups excluding carboxylic acids is 4. The van der Waals surface area contributed by atoms with Crippen molar-refractivity contribution in [2.45, 2.75) is 130 Å². The molecule has 44 heavy (non-hydrogen) atoms. The molecular weight excluding hydrogens is 564 g/mol. The van der Waals surface area contributed by atoms with Gasteiger partial charge in [0.2, 0.25) is 0 Å². The highest BCUT2D eigenvalue weighted by Crippen LogP contribution is 2.33. The highest BCUT2D eigenvalue weighted by atomic mass is 16.6. The molecule has 0 saturated heterocycles. The Labute approximate surface area is 260 Å². The Balaban J connectivity index is 0.000000240. The third-order valence-corrected chi connectivity index (χ3v) is 7.20. The lowest BCUT2D eigenvalue weighted by atomic mass is 9.90. The van der Waals surface area contributed by atoms with Crippen LogP contribution in [0.25, 0.3) is 0 Å². The molecule has 4 rings (SSSR count). The molecule has 2 aliphatic heterocycles. The van der Waals surface area contributed by atoms with Gasteiger partial charge in [-0.1, -0.05) is 13.8 Å². The van der Waals surface area contributed by atoms with Crippen molar-refractivity contribution in [2.24, 2.45) is 0 Å². The smallest absolute Gasteiger partial charge is 0.340 e. The molecule has 0 amide bonds. The molecule has 2 aromatic rings. The summed E-state index contributed by atoms with van der Waals surface area (Å²) in [6.07, 6.45) is 1.45. The molecule has 0 N–H and O–H groups in total. The number of esters is 4. The zero-order valence-corrected chi connectivity index (χ0v) is 27.6. The number of pyridine rings is 2. The molecule has 2 aromatic heterocycles. The fourth-order valence-electron chi connectivity index (χ4n) is 5.32. The van der Waals surface area contributed by atoms with E-state index in [0.717, 1.165) is 24.2 Å². The van der Waals surface area contributed by atoms with Crippen LogP contribution in [0.15, 0.2) is 24.3 Å². The second-order valence-electron chi connectivity index (χ2n) is 13.2. The summed E-state index contributed by atoms with van der Waals surface area (Å²) in [5.41, 5.74) is 2.66. The van der Waals surface area contributed by atoms with Gasteiger partial charge in [-0.2, -0.15) is 0 Å². The van der Waals surface area contributed by atoms with Gasteiger partial charge >= 0.3 is 23.9 Å². The number of rotatable bonds is 6. The average molecular weight is 611 g/mol. The fraction of sp³-hybridized carbons (Fsp3) is 0.588. The summed E-state index contributed by atoms with van der Waals surface area (Å²) >= 11 is 0. The second-order valence-corrected chi connectivity index (χ2v) is 13.2. The summed E-state index contributed by atoms with van der Waals surface area (Å²) in [6, 6.07) is 6.76. The van der Waals surface area contributed by atoms with Crippen molar-refractivity contribution < 1.29 is 38.1 Å². The summed E-state index contributed by atoms with van der Waals surface area (Å²) in [6.45, 7) is 18.8. The Kier molecular flexibility index (Phi) is 10.9. The SMILES string of the molecule is CC[C@@H]1c2nc(CC(=O)OC(C)(C)C)ccc2C(=O)O[C@@H]1C.CC[C@H]1c2nc(CC(=O)OC(C)(C)C)ccc2C(=O)O[C@H]1C. The number of nitrogens with zero attached hydrogens (tertiary/aromatic N) is 2. The highest BCUT2D eigenvalue weighted by molar-refractivity contribution is 5.92. The summed E-state index contributed by atoms with van der Waals surface area (Å²) in [5, 5.41) is 0. The van der Waals surface area contributed by atoms with Gasteiger partial charge in [-0.25, -0.2) is 9.59 Å². The van der Waals surface area contributed by atoms with Gasteiger partial charge in [0, 0.05) is 11.8 Å². The average Bonchev–Trinajstić information content (AvgIpc) is 2.87. The third-order valence-electron chi connectivity index (χ3n) is 7.20. The monoisotopic (exact) mass is 610 g/mol. The molecule has 0 aliphatic carbocycles. The van der Waals surface area contributed by atoms with Crippen LogP contribution in [0.3, 0.4) is 0 Å². The first-order valence-electron chi connectivity index (χ1n) is 15.3. The summed E-state index contributed by atoms with van der Waals surface area (Å²) in [7, 11) is 0. The van der Waals surface area contributed by atoms with Crippen LogP contribution in [0.1, 0.15) is 137 Å². The minimum Gasteiger partial charge on any atom is -0.460 e. The van der Waals surface area contributed by atoms with Crippen molar-refractivity contribution in [1.29, 1.82) is 0 Å². The van der Waals surface area contributed by atoms with Crippen LogP contribution in [-0.2, 0) is 41.4 Å². The summed E-state index contributed by atoms with van der Waals surface area (Å²) in [5.74, 6) is -1.21. The molecule has 2 aliphatic rings. The molecule has 0 fully saturated rings. The van der Waals surface area contributed by atoms with Crippen LogP contribution >= 0.6 is 0 Å². The quantitative estimate of drug-likeness (QED) is 0.282. The van der Waals surface area contributed by atoms with Crippen molar-refractivity contribution in [1.82, 2.24) is 9.97 Å². The Hall–Kier alpha value is -3.82.